The van der Waals surface area contributed by atoms with Crippen LogP contribution in [-0.2, 0) is 0 Å². The maximum Gasteiger partial charge on any atom is 0.208 e. The summed E-state index contributed by atoms with van der Waals surface area (Å²) in [6.45, 7) is 2.12. The van der Waals surface area contributed by atoms with Gasteiger partial charge >= 0.3 is 0 Å². The van der Waals surface area contributed by atoms with Gasteiger partial charge in [0.15, 0.2) is 4.34 Å². The molecule has 1 heterocycles. The molecule has 19 heavy (non-hydrogen) atoms. The molecule has 6 heteroatoms. The maximum atomic E-state index is 6.28. The fraction of sp³-hybridized carbons (Fsp3) is 0.385. The van der Waals surface area contributed by atoms with E-state index in [-0.39, 0.29) is 11.3 Å². The molecule has 0 amide bonds. The fourth-order valence-electron chi connectivity index (χ4n) is 1.61. The second-order valence-electron chi connectivity index (χ2n) is 4.50. The lowest BCUT2D eigenvalue weighted by atomic mass is 10.1. The summed E-state index contributed by atoms with van der Waals surface area (Å²) < 4.78 is 0.961. The number of nitrogens with zero attached hydrogens (tertiary/aromatic N) is 3. The van der Waals surface area contributed by atoms with Crippen molar-refractivity contribution in [3.8, 4) is 0 Å². The van der Waals surface area contributed by atoms with Crippen LogP contribution in [0.4, 0.5) is 5.13 Å². The minimum atomic E-state index is -0.00194. The Hall–Kier alpha value is -1.11. The van der Waals surface area contributed by atoms with Crippen molar-refractivity contribution in [2.45, 2.75) is 22.6 Å². The molecule has 0 radical (unpaired) electrons. The lowest BCUT2D eigenvalue weighted by molar-refractivity contribution is 0.714. The number of hydrogen-bond acceptors (Lipinski definition) is 6. The van der Waals surface area contributed by atoms with E-state index in [9.17, 15) is 0 Å². The van der Waals surface area contributed by atoms with E-state index >= 15 is 0 Å². The van der Waals surface area contributed by atoms with Gasteiger partial charge in [-0.3, -0.25) is 0 Å². The van der Waals surface area contributed by atoms with Gasteiger partial charge in [0.25, 0.3) is 0 Å². The highest BCUT2D eigenvalue weighted by Gasteiger charge is 2.18. The monoisotopic (exact) mass is 294 g/mol. The molecule has 0 spiro atoms. The summed E-state index contributed by atoms with van der Waals surface area (Å²) in [7, 11) is 3.93. The van der Waals surface area contributed by atoms with Crippen LogP contribution in [0.1, 0.15) is 18.5 Å². The van der Waals surface area contributed by atoms with E-state index in [1.54, 1.807) is 23.1 Å². The summed E-state index contributed by atoms with van der Waals surface area (Å²) in [5, 5.41) is 9.50. The second-order valence-corrected chi connectivity index (χ2v) is 7.08. The first-order valence-electron chi connectivity index (χ1n) is 6.06. The van der Waals surface area contributed by atoms with E-state index < -0.39 is 0 Å². The number of anilines is 1. The van der Waals surface area contributed by atoms with Gasteiger partial charge in [-0.25, -0.2) is 0 Å². The Kier molecular flexibility index (Phi) is 4.79. The normalized spacial score (nSPS) is 14.1. The first kappa shape index (κ1) is 14.3. The van der Waals surface area contributed by atoms with Gasteiger partial charge in [-0.05, 0) is 5.56 Å². The van der Waals surface area contributed by atoms with Crippen LogP contribution in [0.25, 0.3) is 0 Å². The Balaban J connectivity index is 2.02. The van der Waals surface area contributed by atoms with E-state index in [4.69, 9.17) is 5.73 Å². The van der Waals surface area contributed by atoms with Crippen molar-refractivity contribution in [1.82, 2.24) is 10.2 Å². The molecule has 2 N–H and O–H groups in total. The molecule has 0 aliphatic heterocycles. The highest BCUT2D eigenvalue weighted by atomic mass is 32.2. The van der Waals surface area contributed by atoms with Crippen molar-refractivity contribution in [3.63, 3.8) is 0 Å². The number of hydrogen-bond donors (Lipinski definition) is 1. The lowest BCUT2D eigenvalue weighted by Crippen LogP contribution is -2.20. The molecule has 0 bridgehead atoms. The molecule has 0 aliphatic rings. The summed E-state index contributed by atoms with van der Waals surface area (Å²) in [5.74, 6) is 0. The number of benzene rings is 1. The number of thioether (sulfide) groups is 1. The van der Waals surface area contributed by atoms with Gasteiger partial charge < -0.3 is 10.6 Å². The zero-order chi connectivity index (χ0) is 13.8. The molecule has 2 rings (SSSR count). The van der Waals surface area contributed by atoms with Gasteiger partial charge in [0.1, 0.15) is 0 Å². The average Bonchev–Trinajstić information content (AvgIpc) is 2.87. The average molecular weight is 294 g/mol. The molecule has 0 saturated heterocycles. The summed E-state index contributed by atoms with van der Waals surface area (Å²) in [4.78, 5) is 1.96. The van der Waals surface area contributed by atoms with Gasteiger partial charge in [0.05, 0.1) is 0 Å². The molecule has 4 nitrogen and oxygen atoms in total. The molecular weight excluding hydrogens is 276 g/mol. The SMILES string of the molecule is CC(Sc1nnc(N(C)C)s1)C(N)c1ccccc1. The van der Waals surface area contributed by atoms with E-state index in [0.717, 1.165) is 15.0 Å². The smallest absolute Gasteiger partial charge is 0.208 e. The molecule has 2 aromatic rings. The van der Waals surface area contributed by atoms with Crippen LogP contribution < -0.4 is 10.6 Å². The Morgan fingerprint density at radius 3 is 2.47 bits per heavy atom. The molecule has 1 aromatic carbocycles. The third-order valence-electron chi connectivity index (χ3n) is 2.76. The summed E-state index contributed by atoms with van der Waals surface area (Å²) >= 11 is 3.27. The largest absolute Gasteiger partial charge is 0.353 e. The van der Waals surface area contributed by atoms with Gasteiger partial charge in [0, 0.05) is 25.4 Å². The van der Waals surface area contributed by atoms with Crippen molar-refractivity contribution in [1.29, 1.82) is 0 Å². The van der Waals surface area contributed by atoms with Crippen LogP contribution >= 0.6 is 23.1 Å². The minimum absolute atomic E-state index is 0.00194. The van der Waals surface area contributed by atoms with Crippen molar-refractivity contribution in [3.05, 3.63) is 35.9 Å². The van der Waals surface area contributed by atoms with E-state index in [2.05, 4.69) is 29.3 Å². The van der Waals surface area contributed by atoms with Crippen molar-refractivity contribution < 1.29 is 0 Å². The third kappa shape index (κ3) is 3.68. The molecule has 2 atom stereocenters. The van der Waals surface area contributed by atoms with Crippen LogP contribution in [0.2, 0.25) is 0 Å². The van der Waals surface area contributed by atoms with Gasteiger partial charge in [-0.2, -0.15) is 0 Å². The minimum Gasteiger partial charge on any atom is -0.353 e. The van der Waals surface area contributed by atoms with Crippen LogP contribution in [0, 0.1) is 0 Å². The van der Waals surface area contributed by atoms with Crippen LogP contribution in [0.5, 0.6) is 0 Å². The van der Waals surface area contributed by atoms with Gasteiger partial charge in [0.2, 0.25) is 5.13 Å². The maximum absolute atomic E-state index is 6.28. The second kappa shape index (κ2) is 6.36. The lowest BCUT2D eigenvalue weighted by Gasteiger charge is -2.18. The summed E-state index contributed by atoms with van der Waals surface area (Å²) in [5.41, 5.74) is 7.43. The topological polar surface area (TPSA) is 55.0 Å². The van der Waals surface area contributed by atoms with E-state index in [0.29, 0.717) is 0 Å². The zero-order valence-corrected chi connectivity index (χ0v) is 12.9. The van der Waals surface area contributed by atoms with E-state index in [1.165, 1.54) is 0 Å². The highest BCUT2D eigenvalue weighted by molar-refractivity contribution is 8.01. The van der Waals surface area contributed by atoms with E-state index in [1.807, 2.05) is 37.2 Å². The van der Waals surface area contributed by atoms with Crippen LogP contribution in [0.3, 0.4) is 0 Å². The molecular formula is C13H18N4S2. The first-order chi connectivity index (χ1) is 9.08. The Bertz CT molecular complexity index is 512. The fourth-order valence-corrected chi connectivity index (χ4v) is 3.69. The van der Waals surface area contributed by atoms with Gasteiger partial charge in [-0.15, -0.1) is 10.2 Å². The number of aromatic nitrogens is 2. The standard InChI is InChI=1S/C13H18N4S2/c1-9(11(14)10-7-5-4-6-8-10)18-13-16-15-12(19-13)17(2)3/h4-9,11H,14H2,1-3H3. The van der Waals surface area contributed by atoms with Crippen LogP contribution in [0.15, 0.2) is 34.7 Å². The first-order valence-corrected chi connectivity index (χ1v) is 7.75. The van der Waals surface area contributed by atoms with Crippen LogP contribution in [-0.4, -0.2) is 29.5 Å². The van der Waals surface area contributed by atoms with Gasteiger partial charge in [-0.1, -0.05) is 60.4 Å². The molecule has 1 aromatic heterocycles. The summed E-state index contributed by atoms with van der Waals surface area (Å²) in [6.07, 6.45) is 0. The Labute approximate surface area is 122 Å². The third-order valence-corrected chi connectivity index (χ3v) is 5.13. The molecule has 0 fully saturated rings. The predicted octanol–water partition coefficient (Wildman–Crippen LogP) is 2.78. The zero-order valence-electron chi connectivity index (χ0n) is 11.3. The Morgan fingerprint density at radius 1 is 1.21 bits per heavy atom. The molecule has 0 aliphatic carbocycles. The molecule has 0 saturated carbocycles. The molecule has 2 unspecified atom stereocenters. The number of rotatable bonds is 5. The molecule has 102 valence electrons. The number of nitrogens with two attached hydrogens (primary N) is 1. The van der Waals surface area contributed by atoms with Crippen molar-refractivity contribution >= 4 is 28.2 Å². The Morgan fingerprint density at radius 2 is 1.89 bits per heavy atom. The van der Waals surface area contributed by atoms with Crippen molar-refractivity contribution in [2.24, 2.45) is 5.73 Å². The van der Waals surface area contributed by atoms with Crippen molar-refractivity contribution in [2.75, 3.05) is 19.0 Å². The quantitative estimate of drug-likeness (QED) is 0.859. The highest BCUT2D eigenvalue weighted by Crippen LogP contribution is 2.34. The summed E-state index contributed by atoms with van der Waals surface area (Å²) in [6, 6.07) is 10.2. The predicted molar refractivity (Wildman–Crippen MR) is 82.9 cm³/mol.